The van der Waals surface area contributed by atoms with Gasteiger partial charge in [0.25, 0.3) is 0 Å². The summed E-state index contributed by atoms with van der Waals surface area (Å²) < 4.78 is 6.41. The first kappa shape index (κ1) is 9.69. The van der Waals surface area contributed by atoms with Crippen LogP contribution < -0.4 is 4.74 Å². The van der Waals surface area contributed by atoms with Gasteiger partial charge in [0.15, 0.2) is 5.01 Å². The SMILES string of the molecule is C=CCOc1cccc2sc(C#N)nc12. The van der Waals surface area contributed by atoms with Crippen molar-refractivity contribution >= 4 is 21.6 Å². The highest BCUT2D eigenvalue weighted by Crippen LogP contribution is 2.29. The summed E-state index contributed by atoms with van der Waals surface area (Å²) in [6.45, 7) is 4.03. The minimum atomic E-state index is 0.443. The summed E-state index contributed by atoms with van der Waals surface area (Å²) in [6, 6.07) is 7.69. The molecule has 1 aromatic carbocycles. The molecule has 0 aliphatic heterocycles. The van der Waals surface area contributed by atoms with E-state index < -0.39 is 0 Å². The van der Waals surface area contributed by atoms with Crippen LogP contribution in [0.3, 0.4) is 0 Å². The Morgan fingerprint density at radius 3 is 3.20 bits per heavy atom. The Bertz CT molecular complexity index is 539. The van der Waals surface area contributed by atoms with Crippen LogP contribution in [-0.2, 0) is 0 Å². The fourth-order valence-corrected chi connectivity index (χ4v) is 2.02. The monoisotopic (exact) mass is 216 g/mol. The number of hydrogen-bond acceptors (Lipinski definition) is 4. The molecule has 0 N–H and O–H groups in total. The summed E-state index contributed by atoms with van der Waals surface area (Å²) >= 11 is 1.37. The van der Waals surface area contributed by atoms with Crippen molar-refractivity contribution in [3.8, 4) is 11.8 Å². The van der Waals surface area contributed by atoms with Crippen LogP contribution in [0.5, 0.6) is 5.75 Å². The third kappa shape index (κ3) is 1.83. The number of benzene rings is 1. The normalized spacial score (nSPS) is 9.80. The smallest absolute Gasteiger partial charge is 0.195 e. The number of aromatic nitrogens is 1. The van der Waals surface area contributed by atoms with E-state index in [-0.39, 0.29) is 0 Å². The second kappa shape index (κ2) is 4.11. The van der Waals surface area contributed by atoms with Gasteiger partial charge in [-0.2, -0.15) is 5.26 Å². The van der Waals surface area contributed by atoms with Crippen LogP contribution in [0.25, 0.3) is 10.2 Å². The van der Waals surface area contributed by atoms with Crippen LogP contribution in [0, 0.1) is 11.3 Å². The standard InChI is InChI=1S/C11H8N2OS/c1-2-6-14-8-4-3-5-9-11(8)13-10(7-12)15-9/h2-5H,1,6H2. The molecule has 74 valence electrons. The molecule has 0 bridgehead atoms. The lowest BCUT2D eigenvalue weighted by Gasteiger charge is -2.02. The lowest BCUT2D eigenvalue weighted by Crippen LogP contribution is -1.93. The summed E-state index contributed by atoms with van der Waals surface area (Å²) in [5.74, 6) is 0.699. The molecular formula is C11H8N2OS. The molecule has 1 heterocycles. The van der Waals surface area contributed by atoms with Crippen molar-refractivity contribution in [3.05, 3.63) is 35.9 Å². The second-order valence-corrected chi connectivity index (χ2v) is 3.86. The van der Waals surface area contributed by atoms with Gasteiger partial charge in [0.1, 0.15) is 23.9 Å². The quantitative estimate of drug-likeness (QED) is 0.741. The third-order valence-corrected chi connectivity index (χ3v) is 2.76. The summed E-state index contributed by atoms with van der Waals surface area (Å²) in [7, 11) is 0. The number of rotatable bonds is 3. The van der Waals surface area contributed by atoms with Crippen LogP contribution in [0.15, 0.2) is 30.9 Å². The van der Waals surface area contributed by atoms with E-state index in [0.29, 0.717) is 17.4 Å². The lowest BCUT2D eigenvalue weighted by molar-refractivity contribution is 0.367. The van der Waals surface area contributed by atoms with Crippen LogP contribution >= 0.6 is 11.3 Å². The summed E-state index contributed by atoms with van der Waals surface area (Å²) in [6.07, 6.45) is 1.68. The number of nitrogens with zero attached hydrogens (tertiary/aromatic N) is 2. The van der Waals surface area contributed by atoms with Gasteiger partial charge in [-0.3, -0.25) is 0 Å². The van der Waals surface area contributed by atoms with E-state index in [1.54, 1.807) is 6.08 Å². The van der Waals surface area contributed by atoms with Gasteiger partial charge in [-0.1, -0.05) is 18.7 Å². The maximum absolute atomic E-state index is 8.75. The van der Waals surface area contributed by atoms with Crippen molar-refractivity contribution in [1.29, 1.82) is 5.26 Å². The Morgan fingerprint density at radius 2 is 2.47 bits per heavy atom. The number of ether oxygens (including phenoxy) is 1. The molecule has 0 fully saturated rings. The fraction of sp³-hybridized carbons (Fsp3) is 0.0909. The predicted octanol–water partition coefficient (Wildman–Crippen LogP) is 2.73. The highest BCUT2D eigenvalue weighted by atomic mass is 32.1. The summed E-state index contributed by atoms with van der Waals surface area (Å²) in [5.41, 5.74) is 0.751. The maximum Gasteiger partial charge on any atom is 0.195 e. The number of hydrogen-bond donors (Lipinski definition) is 0. The largest absolute Gasteiger partial charge is 0.487 e. The van der Waals surface area contributed by atoms with E-state index in [1.165, 1.54) is 11.3 Å². The van der Waals surface area contributed by atoms with Gasteiger partial charge in [-0.25, -0.2) is 4.98 Å². The van der Waals surface area contributed by atoms with E-state index in [9.17, 15) is 0 Å². The molecule has 0 radical (unpaired) electrons. The minimum absolute atomic E-state index is 0.443. The number of para-hydroxylation sites is 1. The topological polar surface area (TPSA) is 45.9 Å². The Kier molecular flexibility index (Phi) is 2.66. The van der Waals surface area contributed by atoms with E-state index >= 15 is 0 Å². The van der Waals surface area contributed by atoms with Gasteiger partial charge in [0, 0.05) is 0 Å². The molecule has 2 rings (SSSR count). The molecule has 0 aliphatic carbocycles. The van der Waals surface area contributed by atoms with Crippen LogP contribution in [-0.4, -0.2) is 11.6 Å². The molecule has 1 aromatic heterocycles. The second-order valence-electron chi connectivity index (χ2n) is 2.83. The first-order valence-electron chi connectivity index (χ1n) is 4.38. The van der Waals surface area contributed by atoms with E-state index in [1.807, 2.05) is 24.3 Å². The third-order valence-electron chi connectivity index (χ3n) is 1.83. The Balaban J connectivity index is 2.50. The van der Waals surface area contributed by atoms with Crippen molar-refractivity contribution in [1.82, 2.24) is 4.98 Å². The number of thiazole rings is 1. The molecule has 3 nitrogen and oxygen atoms in total. The van der Waals surface area contributed by atoms with Crippen molar-refractivity contribution in [2.45, 2.75) is 0 Å². The Hall–Kier alpha value is -1.86. The van der Waals surface area contributed by atoms with Gasteiger partial charge in [-0.15, -0.1) is 11.3 Å². The maximum atomic E-state index is 8.75. The zero-order chi connectivity index (χ0) is 10.7. The zero-order valence-electron chi connectivity index (χ0n) is 7.93. The van der Waals surface area contributed by atoms with Crippen LogP contribution in [0.2, 0.25) is 0 Å². The molecule has 0 spiro atoms. The molecule has 0 saturated heterocycles. The van der Waals surface area contributed by atoms with Crippen molar-refractivity contribution < 1.29 is 4.74 Å². The average molecular weight is 216 g/mol. The molecule has 0 atom stereocenters. The zero-order valence-corrected chi connectivity index (χ0v) is 8.75. The van der Waals surface area contributed by atoms with Gasteiger partial charge in [0.2, 0.25) is 0 Å². The lowest BCUT2D eigenvalue weighted by atomic mass is 10.3. The molecule has 15 heavy (non-hydrogen) atoms. The van der Waals surface area contributed by atoms with Crippen molar-refractivity contribution in [3.63, 3.8) is 0 Å². The molecular weight excluding hydrogens is 208 g/mol. The Morgan fingerprint density at radius 1 is 1.60 bits per heavy atom. The fourth-order valence-electron chi connectivity index (χ4n) is 1.24. The molecule has 0 amide bonds. The van der Waals surface area contributed by atoms with Crippen LogP contribution in [0.4, 0.5) is 0 Å². The summed E-state index contributed by atoms with van der Waals surface area (Å²) in [4.78, 5) is 4.18. The van der Waals surface area contributed by atoms with Gasteiger partial charge in [-0.05, 0) is 12.1 Å². The molecule has 0 saturated carbocycles. The van der Waals surface area contributed by atoms with E-state index in [0.717, 1.165) is 10.2 Å². The summed E-state index contributed by atoms with van der Waals surface area (Å²) in [5, 5.41) is 9.20. The van der Waals surface area contributed by atoms with Crippen molar-refractivity contribution in [2.24, 2.45) is 0 Å². The molecule has 0 aliphatic rings. The van der Waals surface area contributed by atoms with E-state index in [2.05, 4.69) is 11.6 Å². The predicted molar refractivity (Wildman–Crippen MR) is 60.0 cm³/mol. The van der Waals surface area contributed by atoms with Gasteiger partial charge < -0.3 is 4.74 Å². The molecule has 4 heteroatoms. The highest BCUT2D eigenvalue weighted by molar-refractivity contribution is 7.19. The van der Waals surface area contributed by atoms with Crippen molar-refractivity contribution in [2.75, 3.05) is 6.61 Å². The minimum Gasteiger partial charge on any atom is -0.487 e. The molecule has 0 unspecified atom stereocenters. The van der Waals surface area contributed by atoms with Gasteiger partial charge >= 0.3 is 0 Å². The number of fused-ring (bicyclic) bond motifs is 1. The van der Waals surface area contributed by atoms with E-state index in [4.69, 9.17) is 10.00 Å². The first-order valence-corrected chi connectivity index (χ1v) is 5.20. The van der Waals surface area contributed by atoms with Gasteiger partial charge in [0.05, 0.1) is 4.70 Å². The Labute approximate surface area is 91.2 Å². The first-order chi connectivity index (χ1) is 7.35. The van der Waals surface area contributed by atoms with Crippen LogP contribution in [0.1, 0.15) is 5.01 Å². The molecule has 2 aromatic rings. The highest BCUT2D eigenvalue weighted by Gasteiger charge is 2.07. The number of nitriles is 1. The average Bonchev–Trinajstić information content (AvgIpc) is 2.69.